The van der Waals surface area contributed by atoms with Crippen LogP contribution in [0.25, 0.3) is 27.6 Å². The molecule has 0 spiro atoms. The number of fused-ring (bicyclic) bond motifs is 6. The summed E-state index contributed by atoms with van der Waals surface area (Å²) in [4.78, 5) is 15.0. The van der Waals surface area contributed by atoms with E-state index in [4.69, 9.17) is 15.0 Å². The molecule has 4 aromatic rings. The van der Waals surface area contributed by atoms with Gasteiger partial charge in [0.1, 0.15) is 11.5 Å². The number of pyridine rings is 1. The van der Waals surface area contributed by atoms with Crippen molar-refractivity contribution in [3.05, 3.63) is 47.0 Å². The maximum Gasteiger partial charge on any atom is 0.150 e. The average molecular weight is 459 g/mol. The van der Waals surface area contributed by atoms with Crippen molar-refractivity contribution in [1.29, 1.82) is 0 Å². The Morgan fingerprint density at radius 2 is 1.38 bits per heavy atom. The summed E-state index contributed by atoms with van der Waals surface area (Å²) in [6.07, 6.45) is 1.87. The number of nitrogens with zero attached hydrogens (tertiary/aromatic N) is 4. The minimum atomic E-state index is -0.299. The van der Waals surface area contributed by atoms with Crippen LogP contribution in [0.5, 0.6) is 0 Å². The fourth-order valence-corrected chi connectivity index (χ4v) is 5.50. The van der Waals surface area contributed by atoms with Gasteiger partial charge in [0.15, 0.2) is 0 Å². The maximum absolute atomic E-state index is 9.56. The van der Waals surface area contributed by atoms with Crippen LogP contribution in [0.15, 0.2) is 24.3 Å². The Morgan fingerprint density at radius 1 is 0.794 bits per heavy atom. The first kappa shape index (κ1) is 20.8. The van der Waals surface area contributed by atoms with Gasteiger partial charge in [0.05, 0.1) is 24.7 Å². The lowest BCUT2D eigenvalue weighted by Gasteiger charge is -2.44. The highest BCUT2D eigenvalue weighted by molar-refractivity contribution is 5.97. The standard InChI is InChI=1S/C30H40N4/c1-26(2,3)23-15-20-17(16-31-23)24-32-21-13-18-19(29(9,10)30(11,12)28(18,7)8)14-22(21)34(24)25(33-20)27(4,5)6/h13-16H,1-12H3/i13D,14D. The van der Waals surface area contributed by atoms with Crippen molar-refractivity contribution in [3.63, 3.8) is 0 Å². The molecule has 0 amide bonds. The predicted molar refractivity (Wildman–Crippen MR) is 143 cm³/mol. The zero-order valence-corrected chi connectivity index (χ0v) is 22.9. The van der Waals surface area contributed by atoms with Crippen LogP contribution < -0.4 is 0 Å². The van der Waals surface area contributed by atoms with Gasteiger partial charge in [-0.1, -0.05) is 83.1 Å². The molecule has 0 bridgehead atoms. The second-order valence-corrected chi connectivity index (χ2v) is 13.9. The minimum absolute atomic E-state index is 0.0997. The fourth-order valence-electron chi connectivity index (χ4n) is 5.50. The van der Waals surface area contributed by atoms with Crippen LogP contribution in [0.3, 0.4) is 0 Å². The van der Waals surface area contributed by atoms with Gasteiger partial charge >= 0.3 is 0 Å². The highest BCUT2D eigenvalue weighted by Crippen LogP contribution is 2.62. The zero-order chi connectivity index (χ0) is 27.0. The topological polar surface area (TPSA) is 43.1 Å². The molecule has 3 heterocycles. The smallest absolute Gasteiger partial charge is 0.150 e. The lowest BCUT2D eigenvalue weighted by molar-refractivity contribution is 0.125. The van der Waals surface area contributed by atoms with E-state index >= 15 is 0 Å². The van der Waals surface area contributed by atoms with Crippen molar-refractivity contribution < 1.29 is 2.74 Å². The van der Waals surface area contributed by atoms with Gasteiger partial charge in [-0.25, -0.2) is 9.97 Å². The van der Waals surface area contributed by atoms with E-state index in [1.807, 2.05) is 10.6 Å². The highest BCUT2D eigenvalue weighted by atomic mass is 15.1. The van der Waals surface area contributed by atoms with Crippen molar-refractivity contribution in [2.24, 2.45) is 5.41 Å². The quantitative estimate of drug-likeness (QED) is 0.272. The number of benzene rings is 1. The largest absolute Gasteiger partial charge is 0.279 e. The molecule has 3 aromatic heterocycles. The second kappa shape index (κ2) is 6.38. The summed E-state index contributed by atoms with van der Waals surface area (Å²) in [5.41, 5.74) is 4.67. The Kier molecular flexibility index (Phi) is 3.91. The third kappa shape index (κ3) is 2.80. The molecule has 1 aliphatic carbocycles. The first-order valence-corrected chi connectivity index (χ1v) is 12.4. The lowest BCUT2D eigenvalue weighted by atomic mass is 9.59. The van der Waals surface area contributed by atoms with Gasteiger partial charge in [0, 0.05) is 22.7 Å². The SMILES string of the molecule is [2H]c1c2c(c([2H])c3c1nc1c4cnc(C(C)(C)C)cc4nc(C(C)(C)C)n13)C(C)(C)C(C)(C)C2(C)C. The Morgan fingerprint density at radius 3 is 1.94 bits per heavy atom. The van der Waals surface area contributed by atoms with Crippen LogP contribution in [-0.4, -0.2) is 19.4 Å². The Bertz CT molecular complexity index is 1590. The Balaban J connectivity index is 2.04. The third-order valence-corrected chi connectivity index (χ3v) is 8.99. The molecular formula is C30H40N4. The van der Waals surface area contributed by atoms with Gasteiger partial charge in [-0.05, 0) is 45.5 Å². The van der Waals surface area contributed by atoms with Crippen LogP contribution in [0.4, 0.5) is 0 Å². The normalized spacial score (nSPS) is 20.1. The summed E-state index contributed by atoms with van der Waals surface area (Å²) in [5, 5.41) is 0.852. The first-order valence-electron chi connectivity index (χ1n) is 13.4. The van der Waals surface area contributed by atoms with E-state index < -0.39 is 0 Å². The summed E-state index contributed by atoms with van der Waals surface area (Å²) in [6.45, 7) is 26.3. The molecule has 0 saturated carbocycles. The number of rotatable bonds is 0. The van der Waals surface area contributed by atoms with E-state index in [-0.39, 0.29) is 27.1 Å². The molecule has 180 valence electrons. The second-order valence-electron chi connectivity index (χ2n) is 13.9. The number of imidazole rings is 1. The summed E-state index contributed by atoms with van der Waals surface area (Å²) in [7, 11) is 0. The van der Waals surface area contributed by atoms with Crippen LogP contribution >= 0.6 is 0 Å². The van der Waals surface area contributed by atoms with Crippen LogP contribution in [0, 0.1) is 5.41 Å². The van der Waals surface area contributed by atoms with E-state index in [1.165, 1.54) is 0 Å². The summed E-state index contributed by atoms with van der Waals surface area (Å²) < 4.78 is 21.0. The summed E-state index contributed by atoms with van der Waals surface area (Å²) >= 11 is 0. The summed E-state index contributed by atoms with van der Waals surface area (Å²) in [6, 6.07) is 2.98. The lowest BCUT2D eigenvalue weighted by Crippen LogP contribution is -2.42. The van der Waals surface area contributed by atoms with Crippen molar-refractivity contribution in [2.75, 3.05) is 0 Å². The first-order chi connectivity index (χ1) is 16.2. The van der Waals surface area contributed by atoms with Gasteiger partial charge < -0.3 is 0 Å². The van der Waals surface area contributed by atoms with Gasteiger partial charge in [-0.15, -0.1) is 0 Å². The predicted octanol–water partition coefficient (Wildman–Crippen LogP) is 7.62. The Labute approximate surface area is 207 Å². The summed E-state index contributed by atoms with van der Waals surface area (Å²) in [5.74, 6) is 0.848. The van der Waals surface area contributed by atoms with E-state index in [2.05, 4.69) is 89.2 Å². The molecule has 0 unspecified atom stereocenters. The van der Waals surface area contributed by atoms with E-state index in [1.54, 1.807) is 0 Å². The van der Waals surface area contributed by atoms with E-state index in [0.29, 0.717) is 23.1 Å². The molecule has 0 N–H and O–H groups in total. The molecule has 1 aliphatic rings. The van der Waals surface area contributed by atoms with Crippen LogP contribution in [0.1, 0.15) is 108 Å². The fraction of sp³-hybridized carbons (Fsp3) is 0.567. The molecule has 4 heteroatoms. The molecule has 5 rings (SSSR count). The number of hydrogen-bond acceptors (Lipinski definition) is 3. The number of aromatic nitrogens is 4. The van der Waals surface area contributed by atoms with Crippen molar-refractivity contribution in [2.45, 2.75) is 105 Å². The molecule has 1 aromatic carbocycles. The molecule has 0 fully saturated rings. The van der Waals surface area contributed by atoms with Crippen molar-refractivity contribution >= 4 is 27.6 Å². The van der Waals surface area contributed by atoms with Crippen LogP contribution in [-0.2, 0) is 21.7 Å². The van der Waals surface area contributed by atoms with Crippen molar-refractivity contribution in [1.82, 2.24) is 19.4 Å². The minimum Gasteiger partial charge on any atom is -0.279 e. The molecule has 0 saturated heterocycles. The number of hydrogen-bond donors (Lipinski definition) is 0. The Hall–Kier alpha value is -2.49. The molecule has 0 atom stereocenters. The monoisotopic (exact) mass is 458 g/mol. The molecular weight excluding hydrogens is 416 g/mol. The van der Waals surface area contributed by atoms with Gasteiger partial charge in [0.25, 0.3) is 0 Å². The molecule has 0 radical (unpaired) electrons. The van der Waals surface area contributed by atoms with Crippen LogP contribution in [0.2, 0.25) is 0 Å². The van der Waals surface area contributed by atoms with Gasteiger partial charge in [-0.2, -0.15) is 0 Å². The van der Waals surface area contributed by atoms with E-state index in [9.17, 15) is 2.74 Å². The average Bonchev–Trinajstić information content (AvgIpc) is 3.18. The van der Waals surface area contributed by atoms with Gasteiger partial charge in [-0.3, -0.25) is 9.38 Å². The highest BCUT2D eigenvalue weighted by Gasteiger charge is 2.57. The van der Waals surface area contributed by atoms with E-state index in [0.717, 1.165) is 39.2 Å². The zero-order valence-electron chi connectivity index (χ0n) is 24.9. The molecule has 4 nitrogen and oxygen atoms in total. The third-order valence-electron chi connectivity index (χ3n) is 8.99. The molecule has 34 heavy (non-hydrogen) atoms. The van der Waals surface area contributed by atoms with Crippen molar-refractivity contribution in [3.8, 4) is 0 Å². The van der Waals surface area contributed by atoms with Gasteiger partial charge in [0.2, 0.25) is 0 Å². The molecule has 0 aliphatic heterocycles. The maximum atomic E-state index is 9.56.